The number of nitrogens with zero attached hydrogens (tertiary/aromatic N) is 2. The molecule has 3 atom stereocenters. The number of rotatable bonds is 3. The number of amidine groups is 1. The third kappa shape index (κ3) is 2.16. The minimum Gasteiger partial charge on any atom is -0.384 e. The van der Waals surface area contributed by atoms with Crippen molar-refractivity contribution in [1.29, 1.82) is 0 Å². The third-order valence-electron chi connectivity index (χ3n) is 3.66. The molecule has 1 aromatic carbocycles. The van der Waals surface area contributed by atoms with Gasteiger partial charge >= 0.3 is 0 Å². The van der Waals surface area contributed by atoms with Gasteiger partial charge in [0.15, 0.2) is 6.17 Å². The van der Waals surface area contributed by atoms with Crippen molar-refractivity contribution >= 4 is 5.84 Å². The van der Waals surface area contributed by atoms with E-state index in [-0.39, 0.29) is 5.84 Å². The summed E-state index contributed by atoms with van der Waals surface area (Å²) in [6, 6.07) is 5.53. The van der Waals surface area contributed by atoms with Crippen molar-refractivity contribution in [3.05, 3.63) is 57.9 Å². The first-order chi connectivity index (χ1) is 9.37. The van der Waals surface area contributed by atoms with Gasteiger partial charge < -0.3 is 11.5 Å². The molecule has 0 spiro atoms. The smallest absolute Gasteiger partial charge is 0.281 e. The summed E-state index contributed by atoms with van der Waals surface area (Å²) in [5.41, 5.74) is 10.4. The van der Waals surface area contributed by atoms with Crippen molar-refractivity contribution in [2.45, 2.75) is 24.5 Å². The molecule has 0 radical (unpaired) electrons. The van der Waals surface area contributed by atoms with Crippen molar-refractivity contribution in [1.82, 2.24) is 0 Å². The number of hydrogen-bond acceptors (Lipinski definition) is 5. The lowest BCUT2D eigenvalue weighted by Gasteiger charge is -2.33. The number of aliphatic imine (C=N–C) groups is 1. The zero-order valence-electron chi connectivity index (χ0n) is 10.9. The van der Waals surface area contributed by atoms with Crippen LogP contribution in [0.4, 0.5) is 4.39 Å². The van der Waals surface area contributed by atoms with Gasteiger partial charge in [0, 0.05) is 4.92 Å². The maximum Gasteiger partial charge on any atom is 0.281 e. The van der Waals surface area contributed by atoms with E-state index in [1.807, 2.05) is 0 Å². The molecule has 0 saturated heterocycles. The van der Waals surface area contributed by atoms with E-state index in [0.717, 1.165) is 0 Å². The predicted molar refractivity (Wildman–Crippen MR) is 73.3 cm³/mol. The van der Waals surface area contributed by atoms with Crippen LogP contribution in [0.5, 0.6) is 0 Å². The molecule has 7 heteroatoms. The van der Waals surface area contributed by atoms with Crippen molar-refractivity contribution in [2.75, 3.05) is 0 Å². The summed E-state index contributed by atoms with van der Waals surface area (Å²) in [5, 5.41) is 11.6. The van der Waals surface area contributed by atoms with Gasteiger partial charge in [0.1, 0.15) is 11.7 Å². The summed E-state index contributed by atoms with van der Waals surface area (Å²) in [4.78, 5) is 15.0. The number of hydrogen-bond donors (Lipinski definition) is 2. The normalized spacial score (nSPS) is 26.9. The van der Waals surface area contributed by atoms with Gasteiger partial charge in [-0.25, -0.2) is 9.38 Å². The Morgan fingerprint density at radius 2 is 2.05 bits per heavy atom. The summed E-state index contributed by atoms with van der Waals surface area (Å²) < 4.78 is 13.0. The fraction of sp³-hybridized carbons (Fsp3) is 0.308. The van der Waals surface area contributed by atoms with Crippen LogP contribution < -0.4 is 11.5 Å². The summed E-state index contributed by atoms with van der Waals surface area (Å²) >= 11 is 0. The van der Waals surface area contributed by atoms with Gasteiger partial charge in [-0.05, 0) is 29.8 Å². The summed E-state index contributed by atoms with van der Waals surface area (Å²) in [6.45, 7) is 1.66. The average Bonchev–Trinajstić information content (AvgIpc) is 2.39. The van der Waals surface area contributed by atoms with Crippen molar-refractivity contribution in [2.24, 2.45) is 16.5 Å². The number of halogens is 1. The van der Waals surface area contributed by atoms with E-state index in [9.17, 15) is 14.5 Å². The zero-order valence-corrected chi connectivity index (χ0v) is 10.9. The second kappa shape index (κ2) is 5.01. The monoisotopic (exact) mass is 278 g/mol. The Morgan fingerprint density at radius 1 is 1.45 bits per heavy atom. The second-order valence-corrected chi connectivity index (χ2v) is 4.75. The third-order valence-corrected chi connectivity index (χ3v) is 3.66. The van der Waals surface area contributed by atoms with Crippen molar-refractivity contribution in [3.8, 4) is 0 Å². The predicted octanol–water partition coefficient (Wildman–Crippen LogP) is 1.16. The molecule has 0 amide bonds. The van der Waals surface area contributed by atoms with E-state index in [1.165, 1.54) is 36.4 Å². The van der Waals surface area contributed by atoms with Crippen LogP contribution in [0.2, 0.25) is 0 Å². The molecule has 1 heterocycles. The molecule has 20 heavy (non-hydrogen) atoms. The van der Waals surface area contributed by atoms with Crippen LogP contribution >= 0.6 is 0 Å². The Kier molecular flexibility index (Phi) is 3.54. The standard InChI is InChI=1S/C13H15FN4O2/c1-8(9-2-4-10(14)5-3-9)13(18(19)20)7-6-11(15)17-12(13)16/h2-8,12H,16H2,1H3,(H2,15,17). The van der Waals surface area contributed by atoms with Crippen LogP contribution in [0.15, 0.2) is 41.4 Å². The number of nitro groups is 1. The lowest BCUT2D eigenvalue weighted by atomic mass is 9.77. The highest BCUT2D eigenvalue weighted by atomic mass is 19.1. The van der Waals surface area contributed by atoms with E-state index in [2.05, 4.69) is 4.99 Å². The number of dihydropyridines is 1. The Labute approximate surface area is 115 Å². The van der Waals surface area contributed by atoms with Gasteiger partial charge in [0.25, 0.3) is 5.54 Å². The van der Waals surface area contributed by atoms with Crippen LogP contribution in [0.1, 0.15) is 18.4 Å². The molecule has 1 aliphatic rings. The van der Waals surface area contributed by atoms with Gasteiger partial charge in [-0.15, -0.1) is 0 Å². The van der Waals surface area contributed by atoms with Crippen molar-refractivity contribution < 1.29 is 9.31 Å². The zero-order chi connectivity index (χ0) is 14.9. The Morgan fingerprint density at radius 3 is 2.55 bits per heavy atom. The maximum atomic E-state index is 13.0. The highest BCUT2D eigenvalue weighted by Crippen LogP contribution is 2.36. The topological polar surface area (TPSA) is 108 Å². The molecule has 1 aromatic rings. The molecule has 0 bridgehead atoms. The fourth-order valence-electron chi connectivity index (χ4n) is 2.37. The minimum absolute atomic E-state index is 0.154. The number of benzene rings is 1. The van der Waals surface area contributed by atoms with Crippen LogP contribution in [-0.2, 0) is 0 Å². The molecule has 0 aromatic heterocycles. The van der Waals surface area contributed by atoms with Gasteiger partial charge in [-0.1, -0.05) is 19.1 Å². The van der Waals surface area contributed by atoms with Gasteiger partial charge in [0.05, 0.1) is 5.92 Å². The first-order valence-electron chi connectivity index (χ1n) is 6.06. The Balaban J connectivity index is 2.47. The Bertz CT molecular complexity index is 585. The molecule has 0 aliphatic carbocycles. The van der Waals surface area contributed by atoms with Crippen LogP contribution in [0.3, 0.4) is 0 Å². The molecular weight excluding hydrogens is 263 g/mol. The van der Waals surface area contributed by atoms with Gasteiger partial charge in [-0.3, -0.25) is 10.1 Å². The highest BCUT2D eigenvalue weighted by Gasteiger charge is 2.53. The van der Waals surface area contributed by atoms with Crippen LogP contribution in [0, 0.1) is 15.9 Å². The lowest BCUT2D eigenvalue weighted by Crippen LogP contribution is -2.57. The van der Waals surface area contributed by atoms with E-state index in [0.29, 0.717) is 5.56 Å². The quantitative estimate of drug-likeness (QED) is 0.638. The SMILES string of the molecule is CC(c1ccc(F)cc1)C1([N+](=O)[O-])C=CC(N)=NC1N. The molecule has 4 N–H and O–H groups in total. The minimum atomic E-state index is -1.60. The largest absolute Gasteiger partial charge is 0.384 e. The first-order valence-corrected chi connectivity index (χ1v) is 6.06. The summed E-state index contributed by atoms with van der Waals surface area (Å²) in [6.07, 6.45) is 1.66. The van der Waals surface area contributed by atoms with E-state index >= 15 is 0 Å². The molecular formula is C13H15FN4O2. The van der Waals surface area contributed by atoms with Crippen LogP contribution in [0.25, 0.3) is 0 Å². The number of nitrogens with two attached hydrogens (primary N) is 2. The van der Waals surface area contributed by atoms with E-state index < -0.39 is 28.4 Å². The average molecular weight is 278 g/mol. The molecule has 2 rings (SSSR count). The molecule has 0 fully saturated rings. The molecule has 6 nitrogen and oxygen atoms in total. The fourth-order valence-corrected chi connectivity index (χ4v) is 2.37. The maximum absolute atomic E-state index is 13.0. The lowest BCUT2D eigenvalue weighted by molar-refractivity contribution is -0.563. The molecule has 106 valence electrons. The Hall–Kier alpha value is -2.28. The first kappa shape index (κ1) is 14.1. The van der Waals surface area contributed by atoms with Gasteiger partial charge in [-0.2, -0.15) is 0 Å². The van der Waals surface area contributed by atoms with Crippen LogP contribution in [-0.4, -0.2) is 22.5 Å². The highest BCUT2D eigenvalue weighted by molar-refractivity contribution is 5.92. The van der Waals surface area contributed by atoms with Gasteiger partial charge in [0.2, 0.25) is 0 Å². The van der Waals surface area contributed by atoms with Crippen molar-refractivity contribution in [3.63, 3.8) is 0 Å². The summed E-state index contributed by atoms with van der Waals surface area (Å²) in [5.74, 6) is -0.829. The summed E-state index contributed by atoms with van der Waals surface area (Å²) in [7, 11) is 0. The molecule has 3 unspecified atom stereocenters. The second-order valence-electron chi connectivity index (χ2n) is 4.75. The molecule has 0 saturated carbocycles. The van der Waals surface area contributed by atoms with E-state index in [4.69, 9.17) is 11.5 Å². The molecule has 1 aliphatic heterocycles. The van der Waals surface area contributed by atoms with E-state index in [1.54, 1.807) is 6.92 Å².